The van der Waals surface area contributed by atoms with Gasteiger partial charge >= 0.3 is 5.97 Å². The number of allylic oxidation sites excluding steroid dienone is 6. The van der Waals surface area contributed by atoms with Gasteiger partial charge in [0.1, 0.15) is 0 Å². The normalized spacial score (nSPS) is 12.7. The molecule has 0 saturated heterocycles. The summed E-state index contributed by atoms with van der Waals surface area (Å²) in [6, 6.07) is -0.548. The number of ether oxygens (including phenoxy) is 1. The monoisotopic (exact) mass is 1110 g/mol. The fourth-order valence-corrected chi connectivity index (χ4v) is 11.2. The number of hydrogen-bond acceptors (Lipinski definition) is 5. The fourth-order valence-electron chi connectivity index (χ4n) is 11.2. The second-order valence-electron chi connectivity index (χ2n) is 24.6. The number of carbonyl (C=O) groups is 2. The molecule has 0 bridgehead atoms. The number of aliphatic hydroxyl groups excluding tert-OH is 2. The van der Waals surface area contributed by atoms with E-state index in [-0.39, 0.29) is 18.5 Å². The number of unbranched alkanes of at least 4 members (excludes halogenated alkanes) is 50. The number of rotatable bonds is 67. The molecule has 0 radical (unpaired) electrons. The molecule has 0 aliphatic rings. The summed E-state index contributed by atoms with van der Waals surface area (Å²) in [6.45, 7) is 4.96. The zero-order valence-electron chi connectivity index (χ0n) is 53.4. The van der Waals surface area contributed by atoms with Gasteiger partial charge in [0.15, 0.2) is 0 Å². The van der Waals surface area contributed by atoms with Crippen molar-refractivity contribution in [3.8, 4) is 0 Å². The van der Waals surface area contributed by atoms with Crippen molar-refractivity contribution < 1.29 is 24.5 Å². The molecule has 6 heteroatoms. The van der Waals surface area contributed by atoms with E-state index in [0.717, 1.165) is 51.4 Å². The van der Waals surface area contributed by atoms with Crippen LogP contribution in [0.3, 0.4) is 0 Å². The lowest BCUT2D eigenvalue weighted by atomic mass is 10.0. The smallest absolute Gasteiger partial charge is 0.305 e. The molecule has 0 aliphatic heterocycles. The number of amides is 1. The van der Waals surface area contributed by atoms with Crippen LogP contribution in [0.5, 0.6) is 0 Å². The van der Waals surface area contributed by atoms with Gasteiger partial charge in [0.05, 0.1) is 25.4 Å². The largest absolute Gasteiger partial charge is 0.466 e. The lowest BCUT2D eigenvalue weighted by Crippen LogP contribution is -2.45. The zero-order chi connectivity index (χ0) is 57.1. The van der Waals surface area contributed by atoms with Gasteiger partial charge in [-0.15, -0.1) is 0 Å². The van der Waals surface area contributed by atoms with E-state index in [1.807, 2.05) is 0 Å². The molecule has 0 rings (SSSR count). The van der Waals surface area contributed by atoms with E-state index < -0.39 is 12.1 Å². The van der Waals surface area contributed by atoms with Crippen molar-refractivity contribution in [2.24, 2.45) is 0 Å². The van der Waals surface area contributed by atoms with Gasteiger partial charge in [-0.3, -0.25) is 9.59 Å². The van der Waals surface area contributed by atoms with Crippen LogP contribution in [-0.2, 0) is 14.3 Å². The van der Waals surface area contributed by atoms with Crippen molar-refractivity contribution in [1.82, 2.24) is 5.32 Å². The highest BCUT2D eigenvalue weighted by molar-refractivity contribution is 5.76. The highest BCUT2D eigenvalue weighted by Gasteiger charge is 2.20. The van der Waals surface area contributed by atoms with Crippen molar-refractivity contribution in [2.75, 3.05) is 13.2 Å². The summed E-state index contributed by atoms with van der Waals surface area (Å²) >= 11 is 0. The van der Waals surface area contributed by atoms with Crippen LogP contribution >= 0.6 is 0 Å². The Bertz CT molecular complexity index is 1280. The van der Waals surface area contributed by atoms with Gasteiger partial charge in [0.2, 0.25) is 5.91 Å². The molecule has 0 fully saturated rings. The van der Waals surface area contributed by atoms with Gasteiger partial charge in [0.25, 0.3) is 0 Å². The molecule has 79 heavy (non-hydrogen) atoms. The van der Waals surface area contributed by atoms with Crippen LogP contribution in [0.1, 0.15) is 393 Å². The van der Waals surface area contributed by atoms with Gasteiger partial charge in [-0.2, -0.15) is 0 Å². The minimum Gasteiger partial charge on any atom is -0.466 e. The molecule has 3 N–H and O–H groups in total. The minimum atomic E-state index is -0.670. The Morgan fingerprint density at radius 2 is 0.633 bits per heavy atom. The van der Waals surface area contributed by atoms with E-state index in [2.05, 4.69) is 55.6 Å². The average Bonchev–Trinajstić information content (AvgIpc) is 3.45. The molecule has 6 nitrogen and oxygen atoms in total. The Morgan fingerprint density at radius 3 is 0.987 bits per heavy atom. The molecule has 0 aliphatic carbocycles. The summed E-state index contributed by atoms with van der Waals surface area (Å²) in [7, 11) is 0. The van der Waals surface area contributed by atoms with Gasteiger partial charge in [-0.25, -0.2) is 0 Å². The SMILES string of the molecule is CCCCCC/C=C\C/C=C\CCCCCCCC(=O)OCCCCCCCCCCCCCC/C=C\CCCCCCCCCC(=O)NC(CO)C(O)CCCCCCCCCCCCCCCCCCCCCCCCC. The predicted molar refractivity (Wildman–Crippen MR) is 347 cm³/mol. The van der Waals surface area contributed by atoms with E-state index in [4.69, 9.17) is 4.74 Å². The summed E-state index contributed by atoms with van der Waals surface area (Å²) in [5.74, 6) is -0.0386. The Labute approximate surface area is 494 Å². The summed E-state index contributed by atoms with van der Waals surface area (Å²) in [4.78, 5) is 24.6. The molecule has 2 unspecified atom stereocenters. The maximum absolute atomic E-state index is 12.6. The third-order valence-corrected chi connectivity index (χ3v) is 16.7. The van der Waals surface area contributed by atoms with Crippen LogP contribution in [0, 0.1) is 0 Å². The lowest BCUT2D eigenvalue weighted by molar-refractivity contribution is -0.143. The second kappa shape index (κ2) is 68.6. The highest BCUT2D eigenvalue weighted by atomic mass is 16.5. The minimum absolute atomic E-state index is 0.00128. The number of aliphatic hydroxyl groups is 2. The Balaban J connectivity index is 3.41. The molecular weight excluding hydrogens is 971 g/mol. The molecule has 1 amide bonds. The van der Waals surface area contributed by atoms with Crippen LogP contribution in [0.25, 0.3) is 0 Å². The maximum atomic E-state index is 12.6. The fraction of sp³-hybridized carbons (Fsp3) is 0.890. The molecule has 0 aromatic carbocycles. The first-order valence-corrected chi connectivity index (χ1v) is 35.7. The van der Waals surface area contributed by atoms with Crippen molar-refractivity contribution in [3.63, 3.8) is 0 Å². The molecule has 0 aromatic rings. The molecule has 0 aromatic heterocycles. The molecule has 2 atom stereocenters. The molecule has 466 valence electrons. The lowest BCUT2D eigenvalue weighted by Gasteiger charge is -2.22. The van der Waals surface area contributed by atoms with Crippen LogP contribution in [0.2, 0.25) is 0 Å². The quantitative estimate of drug-likeness (QED) is 0.0320. The second-order valence-corrected chi connectivity index (χ2v) is 24.6. The summed E-state index contributed by atoms with van der Waals surface area (Å²) in [5.41, 5.74) is 0. The number of esters is 1. The first-order chi connectivity index (χ1) is 39.0. The summed E-state index contributed by atoms with van der Waals surface area (Å²) in [5, 5.41) is 23.4. The highest BCUT2D eigenvalue weighted by Crippen LogP contribution is 2.19. The molecule has 0 heterocycles. The van der Waals surface area contributed by atoms with Crippen LogP contribution in [-0.4, -0.2) is 47.4 Å². The van der Waals surface area contributed by atoms with E-state index in [1.165, 1.54) is 308 Å². The third-order valence-electron chi connectivity index (χ3n) is 16.7. The first-order valence-electron chi connectivity index (χ1n) is 35.7. The van der Waals surface area contributed by atoms with Crippen molar-refractivity contribution in [3.05, 3.63) is 36.5 Å². The molecular formula is C73H139NO5. The number of hydrogen-bond donors (Lipinski definition) is 3. The molecule has 0 spiro atoms. The van der Waals surface area contributed by atoms with Crippen LogP contribution < -0.4 is 5.32 Å². The van der Waals surface area contributed by atoms with E-state index in [0.29, 0.717) is 25.9 Å². The average molecular weight is 1110 g/mol. The standard InChI is InChI=1S/C73H139NO5/c1-3-5-7-9-11-13-15-17-19-21-22-23-25-28-31-34-37-41-45-49-53-57-61-65-71(76)70(69-75)74-72(77)66-62-58-54-50-46-42-38-35-32-29-26-24-27-30-33-36-40-44-48-52-56-60-64-68-79-73(78)67-63-59-55-51-47-43-39-20-18-16-14-12-10-8-6-4-2/h14,16,20,29,32,39,70-71,75-76H,3-13,15,17-19,21-28,30-31,33-38,40-69H2,1-2H3,(H,74,77)/b16-14-,32-29-,39-20-. The van der Waals surface area contributed by atoms with Gasteiger partial charge in [-0.1, -0.05) is 333 Å². The number of nitrogens with one attached hydrogen (secondary N) is 1. The third kappa shape index (κ3) is 65.1. The van der Waals surface area contributed by atoms with E-state index >= 15 is 0 Å². The van der Waals surface area contributed by atoms with Crippen molar-refractivity contribution >= 4 is 11.9 Å². The van der Waals surface area contributed by atoms with Gasteiger partial charge < -0.3 is 20.3 Å². The van der Waals surface area contributed by atoms with Crippen molar-refractivity contribution in [2.45, 2.75) is 405 Å². The number of carbonyl (C=O) groups excluding carboxylic acids is 2. The van der Waals surface area contributed by atoms with E-state index in [9.17, 15) is 19.8 Å². The molecule has 0 saturated carbocycles. The predicted octanol–water partition coefficient (Wildman–Crippen LogP) is 23.1. The maximum Gasteiger partial charge on any atom is 0.305 e. The summed E-state index contributed by atoms with van der Waals surface area (Å²) in [6.07, 6.45) is 87.6. The van der Waals surface area contributed by atoms with Gasteiger partial charge in [0, 0.05) is 12.8 Å². The van der Waals surface area contributed by atoms with Crippen LogP contribution in [0.15, 0.2) is 36.5 Å². The van der Waals surface area contributed by atoms with Gasteiger partial charge in [-0.05, 0) is 83.5 Å². The summed E-state index contributed by atoms with van der Waals surface area (Å²) < 4.78 is 5.49. The Kier molecular flexibility index (Phi) is 66.9. The Morgan fingerprint density at radius 1 is 0.354 bits per heavy atom. The van der Waals surface area contributed by atoms with Crippen LogP contribution in [0.4, 0.5) is 0 Å². The van der Waals surface area contributed by atoms with E-state index in [1.54, 1.807) is 0 Å². The Hall–Kier alpha value is -1.92. The topological polar surface area (TPSA) is 95.9 Å². The van der Waals surface area contributed by atoms with Crippen molar-refractivity contribution in [1.29, 1.82) is 0 Å². The first kappa shape index (κ1) is 77.1. The zero-order valence-corrected chi connectivity index (χ0v) is 53.4.